The molecule has 1 aromatic carbocycles. The smallest absolute Gasteiger partial charge is 0.321 e. The number of nitrogens with one attached hydrogen (secondary N) is 1. The summed E-state index contributed by atoms with van der Waals surface area (Å²) < 4.78 is 5.87. The molecule has 0 saturated carbocycles. The van der Waals surface area contributed by atoms with Crippen LogP contribution in [0.25, 0.3) is 0 Å². The summed E-state index contributed by atoms with van der Waals surface area (Å²) in [5.74, 6) is 1.26. The molecule has 0 atom stereocenters. The monoisotopic (exact) mass is 462 g/mol. The van der Waals surface area contributed by atoms with Gasteiger partial charge in [-0.1, -0.05) is 19.9 Å². The van der Waals surface area contributed by atoms with Crippen LogP contribution in [-0.4, -0.2) is 57.0 Å². The van der Waals surface area contributed by atoms with Crippen LogP contribution in [0.2, 0.25) is 0 Å². The van der Waals surface area contributed by atoms with Gasteiger partial charge in [-0.15, -0.1) is 0 Å². The topological polar surface area (TPSA) is 122 Å². The molecule has 0 spiro atoms. The van der Waals surface area contributed by atoms with E-state index in [-0.39, 0.29) is 18.6 Å². The number of anilines is 3. The molecule has 0 unspecified atom stereocenters. The van der Waals surface area contributed by atoms with Crippen LogP contribution in [0, 0.1) is 0 Å². The zero-order valence-electron chi connectivity index (χ0n) is 19.6. The van der Waals surface area contributed by atoms with Gasteiger partial charge in [0.1, 0.15) is 6.61 Å². The van der Waals surface area contributed by atoms with Crippen LogP contribution in [0.5, 0.6) is 5.88 Å². The predicted octanol–water partition coefficient (Wildman–Crippen LogP) is 2.91. The van der Waals surface area contributed by atoms with Gasteiger partial charge in [0.05, 0.1) is 5.69 Å². The number of nitrogen functional groups attached to an aromatic ring is 1. The first kappa shape index (κ1) is 23.2. The summed E-state index contributed by atoms with van der Waals surface area (Å²) >= 11 is 0. The van der Waals surface area contributed by atoms with E-state index < -0.39 is 0 Å². The highest BCUT2D eigenvalue weighted by Crippen LogP contribution is 2.25. The molecule has 0 aliphatic carbocycles. The van der Waals surface area contributed by atoms with Crippen LogP contribution in [0.3, 0.4) is 0 Å². The van der Waals surface area contributed by atoms with Gasteiger partial charge in [0.25, 0.3) is 5.88 Å². The van der Waals surface area contributed by atoms with Crippen molar-refractivity contribution >= 4 is 23.5 Å². The molecule has 1 aliphatic heterocycles. The summed E-state index contributed by atoms with van der Waals surface area (Å²) in [6, 6.07) is 7.92. The van der Waals surface area contributed by atoms with Crippen molar-refractivity contribution in [3.8, 4) is 5.88 Å². The highest BCUT2D eigenvalue weighted by Gasteiger charge is 2.24. The molecule has 4 rings (SSSR count). The third-order valence-electron chi connectivity index (χ3n) is 5.72. The standard InChI is InChI=1S/C24H30N8O2/c1-3-17-13-18(4-2)15-20(14-17)30-24(33)32-11-9-31(10-12-32)21-22(27-8-7-26-21)34-16-19-5-6-28-23(25)29-19/h5-8,13-15H,3-4,9-12,16H2,1-2H3,(H,30,33)(H2,25,28,29). The Bertz CT molecular complexity index is 1110. The average Bonchev–Trinajstić information content (AvgIpc) is 2.87. The lowest BCUT2D eigenvalue weighted by atomic mass is 10.1. The number of piperazine rings is 1. The van der Waals surface area contributed by atoms with Crippen molar-refractivity contribution in [2.45, 2.75) is 33.3 Å². The molecule has 0 bridgehead atoms. The zero-order valence-corrected chi connectivity index (χ0v) is 19.6. The molecule has 3 N–H and O–H groups in total. The molecular weight excluding hydrogens is 432 g/mol. The molecule has 1 aliphatic rings. The van der Waals surface area contributed by atoms with Crippen molar-refractivity contribution in [1.82, 2.24) is 24.8 Å². The summed E-state index contributed by atoms with van der Waals surface area (Å²) in [7, 11) is 0. The van der Waals surface area contributed by atoms with Gasteiger partial charge in [-0.2, -0.15) is 0 Å². The van der Waals surface area contributed by atoms with E-state index >= 15 is 0 Å². The van der Waals surface area contributed by atoms with Gasteiger partial charge in [0, 0.05) is 50.5 Å². The molecule has 3 aromatic rings. The minimum absolute atomic E-state index is 0.0908. The first-order valence-electron chi connectivity index (χ1n) is 11.5. The maximum absolute atomic E-state index is 12.9. The second kappa shape index (κ2) is 10.8. The van der Waals surface area contributed by atoms with Crippen molar-refractivity contribution in [2.24, 2.45) is 0 Å². The predicted molar refractivity (Wildman–Crippen MR) is 131 cm³/mol. The van der Waals surface area contributed by atoms with Crippen molar-refractivity contribution in [2.75, 3.05) is 42.1 Å². The number of amides is 2. The minimum Gasteiger partial charge on any atom is -0.469 e. The molecule has 34 heavy (non-hydrogen) atoms. The second-order valence-corrected chi connectivity index (χ2v) is 8.03. The lowest BCUT2D eigenvalue weighted by Gasteiger charge is -2.35. The number of ether oxygens (including phenoxy) is 1. The number of benzene rings is 1. The van der Waals surface area contributed by atoms with E-state index in [1.165, 1.54) is 11.1 Å². The highest BCUT2D eigenvalue weighted by atomic mass is 16.5. The van der Waals surface area contributed by atoms with E-state index in [0.29, 0.717) is 43.6 Å². The molecule has 178 valence electrons. The Balaban J connectivity index is 1.36. The molecule has 1 fully saturated rings. The number of hydrogen-bond acceptors (Lipinski definition) is 8. The Hall–Kier alpha value is -3.95. The average molecular weight is 463 g/mol. The lowest BCUT2D eigenvalue weighted by Crippen LogP contribution is -2.50. The molecular formula is C24H30N8O2. The van der Waals surface area contributed by atoms with Gasteiger partial charge in [0.15, 0.2) is 5.82 Å². The highest BCUT2D eigenvalue weighted by molar-refractivity contribution is 5.89. The number of urea groups is 1. The van der Waals surface area contributed by atoms with Crippen molar-refractivity contribution < 1.29 is 9.53 Å². The van der Waals surface area contributed by atoms with Gasteiger partial charge in [0.2, 0.25) is 5.95 Å². The number of aryl methyl sites for hydroxylation is 2. The maximum atomic E-state index is 12.9. The quantitative estimate of drug-likeness (QED) is 0.550. The number of carbonyl (C=O) groups is 1. The van der Waals surface area contributed by atoms with E-state index in [0.717, 1.165) is 18.5 Å². The summed E-state index contributed by atoms with van der Waals surface area (Å²) in [5.41, 5.74) is 9.58. The third kappa shape index (κ3) is 5.69. The van der Waals surface area contributed by atoms with Gasteiger partial charge < -0.3 is 25.6 Å². The summed E-state index contributed by atoms with van der Waals surface area (Å²) in [6.45, 7) is 6.82. The first-order valence-corrected chi connectivity index (χ1v) is 11.5. The van der Waals surface area contributed by atoms with E-state index in [2.05, 4.69) is 50.1 Å². The lowest BCUT2D eigenvalue weighted by molar-refractivity contribution is 0.207. The maximum Gasteiger partial charge on any atom is 0.321 e. The number of nitrogens with two attached hydrogens (primary N) is 1. The molecule has 0 radical (unpaired) electrons. The number of rotatable bonds is 7. The molecule has 3 heterocycles. The number of aromatic nitrogens is 4. The Morgan fingerprint density at radius 1 is 1.00 bits per heavy atom. The normalized spacial score (nSPS) is 13.6. The number of carbonyl (C=O) groups excluding carboxylic acids is 1. The second-order valence-electron chi connectivity index (χ2n) is 8.03. The Labute approximate surface area is 199 Å². The van der Waals surface area contributed by atoms with Gasteiger partial charge in [-0.05, 0) is 42.2 Å². The van der Waals surface area contributed by atoms with E-state index in [9.17, 15) is 4.79 Å². The van der Waals surface area contributed by atoms with Crippen LogP contribution in [0.4, 0.5) is 22.2 Å². The van der Waals surface area contributed by atoms with Crippen LogP contribution in [0.1, 0.15) is 30.7 Å². The zero-order chi connectivity index (χ0) is 23.9. The van der Waals surface area contributed by atoms with E-state index in [1.54, 1.807) is 24.7 Å². The van der Waals surface area contributed by atoms with Crippen LogP contribution < -0.4 is 20.7 Å². The van der Waals surface area contributed by atoms with Crippen LogP contribution >= 0.6 is 0 Å². The molecule has 10 heteroatoms. The number of nitrogens with zero attached hydrogens (tertiary/aromatic N) is 6. The summed E-state index contributed by atoms with van der Waals surface area (Å²) in [4.78, 5) is 33.6. The van der Waals surface area contributed by atoms with Crippen molar-refractivity contribution in [3.63, 3.8) is 0 Å². The van der Waals surface area contributed by atoms with Crippen molar-refractivity contribution in [3.05, 3.63) is 59.7 Å². The Morgan fingerprint density at radius 2 is 1.71 bits per heavy atom. The molecule has 2 amide bonds. The Kier molecular flexibility index (Phi) is 7.36. The fourth-order valence-corrected chi connectivity index (χ4v) is 3.84. The van der Waals surface area contributed by atoms with Gasteiger partial charge in [-0.25, -0.2) is 24.7 Å². The largest absolute Gasteiger partial charge is 0.469 e. The fraction of sp³-hybridized carbons (Fsp3) is 0.375. The van der Waals surface area contributed by atoms with Gasteiger partial charge >= 0.3 is 6.03 Å². The molecule has 2 aromatic heterocycles. The van der Waals surface area contributed by atoms with Gasteiger partial charge in [-0.3, -0.25) is 0 Å². The minimum atomic E-state index is -0.0908. The first-order chi connectivity index (χ1) is 16.6. The number of hydrogen-bond donors (Lipinski definition) is 2. The summed E-state index contributed by atoms with van der Waals surface area (Å²) in [5, 5.41) is 3.06. The van der Waals surface area contributed by atoms with E-state index in [4.69, 9.17) is 10.5 Å². The molecule has 1 saturated heterocycles. The third-order valence-corrected chi connectivity index (χ3v) is 5.72. The van der Waals surface area contributed by atoms with Crippen LogP contribution in [0.15, 0.2) is 42.9 Å². The Morgan fingerprint density at radius 3 is 2.38 bits per heavy atom. The summed E-state index contributed by atoms with van der Waals surface area (Å²) in [6.07, 6.45) is 6.68. The van der Waals surface area contributed by atoms with Crippen molar-refractivity contribution in [1.29, 1.82) is 0 Å². The molecule has 10 nitrogen and oxygen atoms in total. The van der Waals surface area contributed by atoms with Crippen LogP contribution in [-0.2, 0) is 19.4 Å². The fourth-order valence-electron chi connectivity index (χ4n) is 3.84. The van der Waals surface area contributed by atoms with E-state index in [1.807, 2.05) is 17.0 Å². The SMILES string of the molecule is CCc1cc(CC)cc(NC(=O)N2CCN(c3nccnc3OCc3ccnc(N)n3)CC2)c1.